The van der Waals surface area contributed by atoms with Crippen molar-refractivity contribution in [1.29, 1.82) is 0 Å². The van der Waals surface area contributed by atoms with E-state index in [9.17, 15) is 4.79 Å². The van der Waals surface area contributed by atoms with Crippen LogP contribution in [0.3, 0.4) is 0 Å². The molecule has 0 aromatic heterocycles. The van der Waals surface area contributed by atoms with Gasteiger partial charge < -0.3 is 14.8 Å². The van der Waals surface area contributed by atoms with Crippen molar-refractivity contribution in [2.75, 3.05) is 21.3 Å². The highest BCUT2D eigenvalue weighted by atomic mass is 16.5. The van der Waals surface area contributed by atoms with Gasteiger partial charge in [-0.15, -0.1) is 0 Å². The lowest BCUT2D eigenvalue weighted by molar-refractivity contribution is -0.122. The van der Waals surface area contributed by atoms with E-state index in [1.54, 1.807) is 21.3 Å². The number of fused-ring (bicyclic) bond motifs is 1. The zero-order valence-corrected chi connectivity index (χ0v) is 9.66. The third-order valence-corrected chi connectivity index (χ3v) is 3.01. The Bertz CT molecular complexity index is 429. The van der Waals surface area contributed by atoms with E-state index in [2.05, 4.69) is 5.32 Å². The van der Waals surface area contributed by atoms with Gasteiger partial charge in [0.15, 0.2) is 11.5 Å². The summed E-state index contributed by atoms with van der Waals surface area (Å²) in [6.07, 6.45) is 0.773. The van der Waals surface area contributed by atoms with Crippen molar-refractivity contribution >= 4 is 5.91 Å². The summed E-state index contributed by atoms with van der Waals surface area (Å²) in [4.78, 5) is 11.5. The summed E-state index contributed by atoms with van der Waals surface area (Å²) in [6.45, 7) is 0. The highest BCUT2D eigenvalue weighted by Gasteiger charge is 2.33. The molecule has 86 valence electrons. The second-order valence-electron chi connectivity index (χ2n) is 3.78. The predicted molar refractivity (Wildman–Crippen MR) is 60.1 cm³/mol. The number of nitrogens with one attached hydrogen (secondary N) is 1. The van der Waals surface area contributed by atoms with Crippen LogP contribution in [0.25, 0.3) is 0 Å². The molecular weight excluding hydrogens is 206 g/mol. The van der Waals surface area contributed by atoms with Gasteiger partial charge in [-0.3, -0.25) is 4.79 Å². The molecule has 0 spiro atoms. The van der Waals surface area contributed by atoms with E-state index in [1.807, 2.05) is 12.1 Å². The second-order valence-corrected chi connectivity index (χ2v) is 3.78. The number of methoxy groups -OCH3 is 2. The molecule has 1 aromatic carbocycles. The number of likely N-dealkylation sites (N-methyl/N-ethyl adjacent to an activating group) is 1. The Labute approximate surface area is 94.6 Å². The molecule has 16 heavy (non-hydrogen) atoms. The van der Waals surface area contributed by atoms with E-state index in [0.717, 1.165) is 23.3 Å². The molecule has 4 heteroatoms. The third-order valence-electron chi connectivity index (χ3n) is 3.01. The summed E-state index contributed by atoms with van der Waals surface area (Å²) >= 11 is 0. The quantitative estimate of drug-likeness (QED) is 0.831. The van der Waals surface area contributed by atoms with Crippen LogP contribution in [-0.2, 0) is 11.2 Å². The van der Waals surface area contributed by atoms with E-state index in [-0.39, 0.29) is 11.8 Å². The Morgan fingerprint density at radius 2 is 1.94 bits per heavy atom. The fraction of sp³-hybridized carbons (Fsp3) is 0.417. The lowest BCUT2D eigenvalue weighted by Gasteiger charge is -2.29. The molecule has 0 heterocycles. The summed E-state index contributed by atoms with van der Waals surface area (Å²) in [5.41, 5.74) is 2.20. The number of rotatable bonds is 3. The smallest absolute Gasteiger partial charge is 0.227 e. The first-order valence-corrected chi connectivity index (χ1v) is 5.17. The zero-order chi connectivity index (χ0) is 11.7. The van der Waals surface area contributed by atoms with Crippen LogP contribution in [0.5, 0.6) is 11.5 Å². The fourth-order valence-corrected chi connectivity index (χ4v) is 2.04. The average Bonchev–Trinajstić information content (AvgIpc) is 2.30. The van der Waals surface area contributed by atoms with E-state index in [4.69, 9.17) is 9.47 Å². The molecule has 0 saturated carbocycles. The van der Waals surface area contributed by atoms with Gasteiger partial charge >= 0.3 is 0 Å². The SMILES string of the molecule is CNC(=O)[C@H]1Cc2cc(OC)c(OC)cc21. The largest absolute Gasteiger partial charge is 0.493 e. The van der Waals surface area contributed by atoms with Gasteiger partial charge in [-0.2, -0.15) is 0 Å². The molecule has 0 unspecified atom stereocenters. The summed E-state index contributed by atoms with van der Waals surface area (Å²) < 4.78 is 10.4. The molecule has 0 radical (unpaired) electrons. The van der Waals surface area contributed by atoms with Gasteiger partial charge in [0.05, 0.1) is 20.1 Å². The van der Waals surface area contributed by atoms with Crippen LogP contribution in [0.2, 0.25) is 0 Å². The molecule has 2 rings (SSSR count). The Balaban J connectivity index is 2.34. The second kappa shape index (κ2) is 4.04. The first-order chi connectivity index (χ1) is 7.71. The summed E-state index contributed by atoms with van der Waals surface area (Å²) in [7, 11) is 4.86. The molecule has 1 atom stereocenters. The van der Waals surface area contributed by atoms with Gasteiger partial charge in [0, 0.05) is 7.05 Å². The number of carbonyl (C=O) groups excluding carboxylic acids is 1. The van der Waals surface area contributed by atoms with Crippen LogP contribution in [0.1, 0.15) is 17.0 Å². The van der Waals surface area contributed by atoms with Crippen LogP contribution < -0.4 is 14.8 Å². The maximum absolute atomic E-state index is 11.5. The lowest BCUT2D eigenvalue weighted by atomic mass is 9.76. The van der Waals surface area contributed by atoms with Crippen LogP contribution >= 0.6 is 0 Å². The molecule has 0 aliphatic heterocycles. The molecular formula is C12H15NO3. The van der Waals surface area contributed by atoms with E-state index >= 15 is 0 Å². The predicted octanol–water partition coefficient (Wildman–Crippen LogP) is 1.09. The Kier molecular flexibility index (Phi) is 2.73. The van der Waals surface area contributed by atoms with Gasteiger partial charge in [-0.05, 0) is 29.7 Å². The van der Waals surface area contributed by atoms with Gasteiger partial charge in [0.25, 0.3) is 0 Å². The van der Waals surface area contributed by atoms with Gasteiger partial charge in [0.2, 0.25) is 5.91 Å². The van der Waals surface area contributed by atoms with Crippen molar-refractivity contribution in [1.82, 2.24) is 5.32 Å². The van der Waals surface area contributed by atoms with Crippen molar-refractivity contribution in [3.8, 4) is 11.5 Å². The fourth-order valence-electron chi connectivity index (χ4n) is 2.04. The van der Waals surface area contributed by atoms with E-state index in [0.29, 0.717) is 5.75 Å². The Hall–Kier alpha value is -1.71. The monoisotopic (exact) mass is 221 g/mol. The van der Waals surface area contributed by atoms with Gasteiger partial charge in [0.1, 0.15) is 0 Å². The number of hydrogen-bond donors (Lipinski definition) is 1. The van der Waals surface area contributed by atoms with Crippen LogP contribution in [0, 0.1) is 0 Å². The van der Waals surface area contributed by atoms with Crippen LogP contribution in [0.15, 0.2) is 12.1 Å². The molecule has 1 aromatic rings. The third kappa shape index (κ3) is 1.50. The Morgan fingerprint density at radius 3 is 2.50 bits per heavy atom. The molecule has 0 bridgehead atoms. The maximum atomic E-state index is 11.5. The molecule has 0 fully saturated rings. The van der Waals surface area contributed by atoms with Crippen molar-refractivity contribution in [2.45, 2.75) is 12.3 Å². The van der Waals surface area contributed by atoms with Crippen molar-refractivity contribution < 1.29 is 14.3 Å². The maximum Gasteiger partial charge on any atom is 0.227 e. The normalized spacial score (nSPS) is 17.1. The van der Waals surface area contributed by atoms with Crippen molar-refractivity contribution in [3.63, 3.8) is 0 Å². The number of hydrogen-bond acceptors (Lipinski definition) is 3. The van der Waals surface area contributed by atoms with Crippen LogP contribution in [0.4, 0.5) is 0 Å². The topological polar surface area (TPSA) is 47.6 Å². The van der Waals surface area contributed by atoms with Crippen molar-refractivity contribution in [2.24, 2.45) is 0 Å². The van der Waals surface area contributed by atoms with Crippen molar-refractivity contribution in [3.05, 3.63) is 23.3 Å². The van der Waals surface area contributed by atoms with Gasteiger partial charge in [-0.25, -0.2) is 0 Å². The highest BCUT2D eigenvalue weighted by Crippen LogP contribution is 2.42. The minimum Gasteiger partial charge on any atom is -0.493 e. The standard InChI is InChI=1S/C12H15NO3/c1-13-12(14)9-4-7-5-10(15-2)11(16-3)6-8(7)9/h5-6,9H,4H2,1-3H3,(H,13,14)/t9-/m0/s1. The van der Waals surface area contributed by atoms with Gasteiger partial charge in [-0.1, -0.05) is 0 Å². The lowest BCUT2D eigenvalue weighted by Crippen LogP contribution is -2.33. The molecule has 0 saturated heterocycles. The minimum absolute atomic E-state index is 0.0418. The number of ether oxygens (including phenoxy) is 2. The first-order valence-electron chi connectivity index (χ1n) is 5.17. The molecule has 1 aliphatic carbocycles. The number of benzene rings is 1. The number of carbonyl (C=O) groups is 1. The molecule has 4 nitrogen and oxygen atoms in total. The molecule has 1 amide bonds. The minimum atomic E-state index is -0.0418. The molecule has 1 aliphatic rings. The highest BCUT2D eigenvalue weighted by molar-refractivity contribution is 5.87. The summed E-state index contributed by atoms with van der Waals surface area (Å²) in [5.74, 6) is 1.41. The van der Waals surface area contributed by atoms with E-state index in [1.165, 1.54) is 0 Å². The molecule has 1 N–H and O–H groups in total. The summed E-state index contributed by atoms with van der Waals surface area (Å²) in [5, 5.41) is 2.66. The summed E-state index contributed by atoms with van der Waals surface area (Å²) in [6, 6.07) is 3.82. The Morgan fingerprint density at radius 1 is 1.31 bits per heavy atom. The number of amides is 1. The average molecular weight is 221 g/mol. The van der Waals surface area contributed by atoms with E-state index < -0.39 is 0 Å². The zero-order valence-electron chi connectivity index (χ0n) is 9.66. The first kappa shape index (κ1) is 10.8. The van der Waals surface area contributed by atoms with Crippen LogP contribution in [-0.4, -0.2) is 27.2 Å².